The van der Waals surface area contributed by atoms with E-state index < -0.39 is 10.0 Å². The van der Waals surface area contributed by atoms with Crippen LogP contribution >= 0.6 is 0 Å². The third kappa shape index (κ3) is 4.29. The van der Waals surface area contributed by atoms with Crippen molar-refractivity contribution in [2.75, 3.05) is 34.2 Å². The van der Waals surface area contributed by atoms with Gasteiger partial charge in [0.25, 0.3) is 0 Å². The molecule has 0 aliphatic carbocycles. The molecule has 0 unspecified atom stereocenters. The molecule has 1 rings (SSSR count). The number of hydrogen-bond acceptors (Lipinski definition) is 4. The Labute approximate surface area is 125 Å². The summed E-state index contributed by atoms with van der Waals surface area (Å²) in [5.74, 6) is 5.07. The maximum atomic E-state index is 12.5. The lowest BCUT2D eigenvalue weighted by atomic mass is 10.2. The van der Waals surface area contributed by atoms with Gasteiger partial charge in [-0.3, -0.25) is 4.79 Å². The van der Waals surface area contributed by atoms with Crippen LogP contribution in [-0.2, 0) is 14.8 Å². The van der Waals surface area contributed by atoms with Crippen LogP contribution in [0.25, 0.3) is 0 Å². The second kappa shape index (κ2) is 7.22. The minimum atomic E-state index is -3.79. The molecule has 0 saturated carbocycles. The van der Waals surface area contributed by atoms with Gasteiger partial charge in [0.05, 0.1) is 18.0 Å². The van der Waals surface area contributed by atoms with Gasteiger partial charge in [-0.05, 0) is 12.1 Å². The number of benzene rings is 1. The lowest BCUT2D eigenvalue weighted by Gasteiger charge is -2.19. The number of hydrogen-bond donors (Lipinski definition) is 1. The van der Waals surface area contributed by atoms with Crippen molar-refractivity contribution in [3.8, 4) is 11.8 Å². The SMILES string of the molecule is CN(C)C(=O)CN(C)S(=O)(=O)c1ccccc1C#CCN. The number of likely N-dealkylation sites (N-methyl/N-ethyl adjacent to an activating group) is 2. The third-order valence-electron chi connectivity index (χ3n) is 2.76. The van der Waals surface area contributed by atoms with Gasteiger partial charge in [0.2, 0.25) is 15.9 Å². The molecule has 0 fully saturated rings. The Hall–Kier alpha value is -1.88. The molecule has 0 aliphatic rings. The van der Waals surface area contributed by atoms with Crippen molar-refractivity contribution >= 4 is 15.9 Å². The molecule has 2 N–H and O–H groups in total. The Balaban J connectivity index is 3.16. The highest BCUT2D eigenvalue weighted by atomic mass is 32.2. The molecule has 1 amide bonds. The number of sulfonamides is 1. The van der Waals surface area contributed by atoms with Crippen LogP contribution in [0.5, 0.6) is 0 Å². The van der Waals surface area contributed by atoms with Crippen LogP contribution in [0.15, 0.2) is 29.2 Å². The average molecular weight is 309 g/mol. The van der Waals surface area contributed by atoms with E-state index in [0.29, 0.717) is 5.56 Å². The zero-order valence-corrected chi connectivity index (χ0v) is 13.1. The number of nitrogens with zero attached hydrogens (tertiary/aromatic N) is 2. The lowest BCUT2D eigenvalue weighted by Crippen LogP contribution is -2.38. The van der Waals surface area contributed by atoms with Crippen LogP contribution in [-0.4, -0.2) is 57.8 Å². The van der Waals surface area contributed by atoms with Crippen molar-refractivity contribution < 1.29 is 13.2 Å². The highest BCUT2D eigenvalue weighted by molar-refractivity contribution is 7.89. The predicted molar refractivity (Wildman–Crippen MR) is 80.9 cm³/mol. The molecule has 0 heterocycles. The summed E-state index contributed by atoms with van der Waals surface area (Å²) in [6, 6.07) is 6.39. The van der Waals surface area contributed by atoms with Crippen molar-refractivity contribution in [1.82, 2.24) is 9.21 Å². The normalized spacial score (nSPS) is 10.9. The molecule has 7 heteroatoms. The van der Waals surface area contributed by atoms with Crippen molar-refractivity contribution in [2.45, 2.75) is 4.90 Å². The Kier molecular flexibility index (Phi) is 5.90. The molecule has 0 saturated heterocycles. The average Bonchev–Trinajstić information content (AvgIpc) is 2.45. The number of carbonyl (C=O) groups is 1. The Morgan fingerprint density at radius 1 is 1.24 bits per heavy atom. The van der Waals surface area contributed by atoms with Crippen LogP contribution in [0.2, 0.25) is 0 Å². The first-order chi connectivity index (χ1) is 9.80. The quantitative estimate of drug-likeness (QED) is 0.774. The molecule has 0 spiro atoms. The van der Waals surface area contributed by atoms with Crippen LogP contribution < -0.4 is 5.73 Å². The standard InChI is InChI=1S/C14H19N3O3S/c1-16(2)14(18)11-17(3)21(19,20)13-9-5-4-7-12(13)8-6-10-15/h4-5,7,9H,10-11,15H2,1-3H3. The van der Waals surface area contributed by atoms with E-state index in [1.54, 1.807) is 32.3 Å². The molecule has 21 heavy (non-hydrogen) atoms. The largest absolute Gasteiger partial charge is 0.348 e. The number of rotatable bonds is 4. The van der Waals surface area contributed by atoms with Crippen LogP contribution in [0, 0.1) is 11.8 Å². The Morgan fingerprint density at radius 2 is 1.86 bits per heavy atom. The molecule has 0 bridgehead atoms. The summed E-state index contributed by atoms with van der Waals surface area (Å²) in [5, 5.41) is 0. The van der Waals surface area contributed by atoms with E-state index in [2.05, 4.69) is 11.8 Å². The van der Waals surface area contributed by atoms with E-state index in [-0.39, 0.29) is 23.9 Å². The fourth-order valence-corrected chi connectivity index (χ4v) is 2.79. The lowest BCUT2D eigenvalue weighted by molar-refractivity contribution is -0.128. The van der Waals surface area contributed by atoms with E-state index in [4.69, 9.17) is 5.73 Å². The van der Waals surface area contributed by atoms with Crippen molar-refractivity contribution in [3.05, 3.63) is 29.8 Å². The summed E-state index contributed by atoms with van der Waals surface area (Å²) in [5.41, 5.74) is 5.68. The summed E-state index contributed by atoms with van der Waals surface area (Å²) in [6.45, 7) is -0.0860. The Morgan fingerprint density at radius 3 is 2.43 bits per heavy atom. The van der Waals surface area contributed by atoms with E-state index >= 15 is 0 Å². The summed E-state index contributed by atoms with van der Waals surface area (Å²) in [7, 11) is 0.725. The zero-order valence-electron chi connectivity index (χ0n) is 12.3. The van der Waals surface area contributed by atoms with E-state index in [1.165, 1.54) is 18.0 Å². The summed E-state index contributed by atoms with van der Waals surface area (Å²) >= 11 is 0. The summed E-state index contributed by atoms with van der Waals surface area (Å²) < 4.78 is 26.1. The topological polar surface area (TPSA) is 83.7 Å². The first kappa shape index (κ1) is 17.2. The second-order valence-electron chi connectivity index (χ2n) is 4.55. The van der Waals surface area contributed by atoms with Gasteiger partial charge in [0.1, 0.15) is 0 Å². The third-order valence-corrected chi connectivity index (χ3v) is 4.62. The first-order valence-electron chi connectivity index (χ1n) is 6.25. The molecule has 0 atom stereocenters. The molecule has 114 valence electrons. The van der Waals surface area contributed by atoms with Crippen molar-refractivity contribution in [3.63, 3.8) is 0 Å². The maximum Gasteiger partial charge on any atom is 0.244 e. The molecule has 6 nitrogen and oxygen atoms in total. The molecule has 1 aromatic carbocycles. The molecule has 0 aliphatic heterocycles. The minimum absolute atomic E-state index is 0.0695. The number of nitrogens with two attached hydrogens (primary N) is 1. The van der Waals surface area contributed by atoms with Crippen molar-refractivity contribution in [1.29, 1.82) is 0 Å². The van der Waals surface area contributed by atoms with Crippen LogP contribution in [0.3, 0.4) is 0 Å². The molecule has 0 radical (unpaired) electrons. The smallest absolute Gasteiger partial charge is 0.244 e. The van der Waals surface area contributed by atoms with Gasteiger partial charge in [-0.2, -0.15) is 4.31 Å². The molecule has 0 aromatic heterocycles. The maximum absolute atomic E-state index is 12.5. The van der Waals surface area contributed by atoms with Crippen LogP contribution in [0.4, 0.5) is 0 Å². The fraction of sp³-hybridized carbons (Fsp3) is 0.357. The van der Waals surface area contributed by atoms with Gasteiger partial charge >= 0.3 is 0 Å². The molecular weight excluding hydrogens is 290 g/mol. The highest BCUT2D eigenvalue weighted by Gasteiger charge is 2.25. The molecular formula is C14H19N3O3S. The van der Waals surface area contributed by atoms with Crippen LogP contribution in [0.1, 0.15) is 5.56 Å². The van der Waals surface area contributed by atoms with Gasteiger partial charge in [-0.15, -0.1) is 0 Å². The van der Waals surface area contributed by atoms with E-state index in [1.807, 2.05) is 0 Å². The zero-order chi connectivity index (χ0) is 16.0. The fourth-order valence-electron chi connectivity index (χ4n) is 1.53. The van der Waals surface area contributed by atoms with E-state index in [9.17, 15) is 13.2 Å². The highest BCUT2D eigenvalue weighted by Crippen LogP contribution is 2.18. The van der Waals surface area contributed by atoms with Gasteiger partial charge in [-0.1, -0.05) is 24.0 Å². The predicted octanol–water partition coefficient (Wildman–Crippen LogP) is -0.294. The summed E-state index contributed by atoms with van der Waals surface area (Å²) in [6.07, 6.45) is 0. The number of amides is 1. The van der Waals surface area contributed by atoms with Gasteiger partial charge < -0.3 is 10.6 Å². The monoisotopic (exact) mass is 309 g/mol. The van der Waals surface area contributed by atoms with Gasteiger partial charge in [0.15, 0.2) is 0 Å². The van der Waals surface area contributed by atoms with E-state index in [0.717, 1.165) is 4.31 Å². The van der Waals surface area contributed by atoms with Gasteiger partial charge in [-0.25, -0.2) is 8.42 Å². The minimum Gasteiger partial charge on any atom is -0.348 e. The van der Waals surface area contributed by atoms with Crippen molar-refractivity contribution in [2.24, 2.45) is 5.73 Å². The Bertz CT molecular complexity index is 672. The molecule has 1 aromatic rings. The first-order valence-corrected chi connectivity index (χ1v) is 7.69. The second-order valence-corrected chi connectivity index (χ2v) is 6.56. The van der Waals surface area contributed by atoms with Gasteiger partial charge in [0, 0.05) is 26.7 Å². The number of carbonyl (C=O) groups excluding carboxylic acids is 1. The summed E-state index contributed by atoms with van der Waals surface area (Å²) in [4.78, 5) is 13.1.